The molecule has 0 aromatic rings. The van der Waals surface area contributed by atoms with Gasteiger partial charge in [-0.15, -0.1) is 0 Å². The van der Waals surface area contributed by atoms with Crippen LogP contribution in [0.25, 0.3) is 0 Å². The molecule has 4 heteroatoms. The van der Waals surface area contributed by atoms with E-state index in [4.69, 9.17) is 4.74 Å². The summed E-state index contributed by atoms with van der Waals surface area (Å²) in [6.07, 6.45) is 4.99. The zero-order valence-electron chi connectivity index (χ0n) is 10.8. The van der Waals surface area contributed by atoms with Gasteiger partial charge in [0.2, 0.25) is 0 Å². The van der Waals surface area contributed by atoms with E-state index in [2.05, 4.69) is 5.32 Å². The summed E-state index contributed by atoms with van der Waals surface area (Å²) in [7, 11) is 1.79. The molecular formula is C13H25NO3. The van der Waals surface area contributed by atoms with Gasteiger partial charge in [0.15, 0.2) is 0 Å². The highest BCUT2D eigenvalue weighted by atomic mass is 16.5. The first-order valence-electron chi connectivity index (χ1n) is 6.76. The molecule has 2 rings (SSSR count). The number of hydrogen-bond acceptors (Lipinski definition) is 4. The van der Waals surface area contributed by atoms with E-state index in [1.807, 2.05) is 6.92 Å². The van der Waals surface area contributed by atoms with Crippen molar-refractivity contribution in [1.29, 1.82) is 0 Å². The quantitative estimate of drug-likeness (QED) is 0.694. The number of hydrogen-bond donors (Lipinski definition) is 3. The minimum atomic E-state index is -0.551. The van der Waals surface area contributed by atoms with Gasteiger partial charge in [-0.25, -0.2) is 0 Å². The second kappa shape index (κ2) is 5.65. The maximum atomic E-state index is 9.86. The molecule has 0 aromatic heterocycles. The Labute approximate surface area is 103 Å². The summed E-state index contributed by atoms with van der Waals surface area (Å²) >= 11 is 0. The first-order chi connectivity index (χ1) is 8.11. The molecule has 4 nitrogen and oxygen atoms in total. The molecule has 0 radical (unpaired) electrons. The monoisotopic (exact) mass is 243 g/mol. The summed E-state index contributed by atoms with van der Waals surface area (Å²) in [4.78, 5) is 0. The molecule has 1 saturated carbocycles. The van der Waals surface area contributed by atoms with Crippen LogP contribution in [0.2, 0.25) is 0 Å². The van der Waals surface area contributed by atoms with E-state index in [9.17, 15) is 10.2 Å². The van der Waals surface area contributed by atoms with Crippen molar-refractivity contribution in [3.05, 3.63) is 0 Å². The molecule has 2 aliphatic rings. The third-order valence-electron chi connectivity index (χ3n) is 4.65. The minimum absolute atomic E-state index is 0.144. The maximum Gasteiger partial charge on any atom is 0.110 e. The van der Waals surface area contributed by atoms with Crippen LogP contribution in [-0.2, 0) is 4.74 Å². The molecule has 1 heterocycles. The molecule has 4 atom stereocenters. The molecule has 0 aromatic carbocycles. The van der Waals surface area contributed by atoms with Gasteiger partial charge in [0.1, 0.15) is 12.5 Å². The van der Waals surface area contributed by atoms with Gasteiger partial charge in [-0.05, 0) is 38.0 Å². The first-order valence-corrected chi connectivity index (χ1v) is 6.76. The van der Waals surface area contributed by atoms with Crippen LogP contribution in [0.4, 0.5) is 0 Å². The van der Waals surface area contributed by atoms with E-state index in [1.165, 1.54) is 12.8 Å². The summed E-state index contributed by atoms with van der Waals surface area (Å²) < 4.78 is 5.37. The number of ether oxygens (including phenoxy) is 1. The lowest BCUT2D eigenvalue weighted by atomic mass is 9.78. The zero-order chi connectivity index (χ0) is 12.4. The predicted molar refractivity (Wildman–Crippen MR) is 65.2 cm³/mol. The predicted octanol–water partition coefficient (Wildman–Crippen LogP) is 1.07. The van der Waals surface area contributed by atoms with Crippen molar-refractivity contribution < 1.29 is 14.9 Å². The second-order valence-corrected chi connectivity index (χ2v) is 5.69. The van der Waals surface area contributed by atoms with Crippen LogP contribution in [0, 0.1) is 17.8 Å². The Morgan fingerprint density at radius 2 is 1.76 bits per heavy atom. The van der Waals surface area contributed by atoms with E-state index in [1.54, 1.807) is 7.11 Å². The normalized spacial score (nSPS) is 47.3. The molecule has 100 valence electrons. The molecule has 3 N–H and O–H groups in total. The van der Waals surface area contributed by atoms with Crippen LogP contribution < -0.4 is 5.32 Å². The van der Waals surface area contributed by atoms with Gasteiger partial charge in [-0.1, -0.05) is 6.92 Å². The van der Waals surface area contributed by atoms with Crippen molar-refractivity contribution >= 4 is 0 Å². The second-order valence-electron chi connectivity index (χ2n) is 5.69. The van der Waals surface area contributed by atoms with Crippen LogP contribution >= 0.6 is 0 Å². The molecule has 0 spiro atoms. The van der Waals surface area contributed by atoms with Gasteiger partial charge in [0.25, 0.3) is 0 Å². The Morgan fingerprint density at radius 3 is 2.24 bits per heavy atom. The van der Waals surface area contributed by atoms with Crippen LogP contribution in [0.3, 0.4) is 0 Å². The number of aliphatic hydroxyl groups excluding tert-OH is 2. The fraction of sp³-hybridized carbons (Fsp3) is 1.00. The van der Waals surface area contributed by atoms with Crippen LogP contribution in [0.5, 0.6) is 0 Å². The fourth-order valence-corrected chi connectivity index (χ4v) is 3.30. The smallest absolute Gasteiger partial charge is 0.110 e. The van der Waals surface area contributed by atoms with Gasteiger partial charge < -0.3 is 14.9 Å². The van der Waals surface area contributed by atoms with E-state index in [-0.39, 0.29) is 11.8 Å². The van der Waals surface area contributed by atoms with Crippen molar-refractivity contribution in [2.24, 2.45) is 17.8 Å². The third-order valence-corrected chi connectivity index (χ3v) is 4.65. The van der Waals surface area contributed by atoms with Crippen LogP contribution in [0.15, 0.2) is 0 Å². The lowest BCUT2D eigenvalue weighted by molar-refractivity contribution is 0.0400. The van der Waals surface area contributed by atoms with Gasteiger partial charge in [0.05, 0.1) is 6.10 Å². The molecule has 2 fully saturated rings. The molecule has 0 bridgehead atoms. The summed E-state index contributed by atoms with van der Waals surface area (Å²) in [5.74, 6) is 1.01. The van der Waals surface area contributed by atoms with Crippen molar-refractivity contribution in [3.8, 4) is 0 Å². The Kier molecular flexibility index (Phi) is 4.42. The van der Waals surface area contributed by atoms with E-state index in [0.29, 0.717) is 12.0 Å². The summed E-state index contributed by atoms with van der Waals surface area (Å²) in [5.41, 5.74) is 0. The van der Waals surface area contributed by atoms with Gasteiger partial charge >= 0.3 is 0 Å². The van der Waals surface area contributed by atoms with E-state index >= 15 is 0 Å². The highest BCUT2D eigenvalue weighted by Gasteiger charge is 2.39. The Morgan fingerprint density at radius 1 is 1.12 bits per heavy atom. The van der Waals surface area contributed by atoms with Gasteiger partial charge in [-0.3, -0.25) is 5.32 Å². The average Bonchev–Trinajstić information content (AvgIpc) is 2.57. The molecule has 1 aliphatic carbocycles. The lowest BCUT2D eigenvalue weighted by Crippen LogP contribution is -2.31. The summed E-state index contributed by atoms with van der Waals surface area (Å²) in [6, 6.07) is 0. The SMILES string of the molecule is COC1CCC(CC2C(O)NC(O)C2C)CC1. The Balaban J connectivity index is 1.81. The Hall–Kier alpha value is -0.160. The zero-order valence-corrected chi connectivity index (χ0v) is 10.8. The standard InChI is InChI=1S/C13H25NO3/c1-8-11(13(16)14-12(8)15)7-9-3-5-10(17-2)6-4-9/h8-16H,3-7H2,1-2H3. The molecule has 0 amide bonds. The molecular weight excluding hydrogens is 218 g/mol. The average molecular weight is 243 g/mol. The van der Waals surface area contributed by atoms with E-state index in [0.717, 1.165) is 19.3 Å². The first kappa shape index (κ1) is 13.3. The lowest BCUT2D eigenvalue weighted by Gasteiger charge is -2.31. The Bertz CT molecular complexity index is 241. The third kappa shape index (κ3) is 2.99. The van der Waals surface area contributed by atoms with Gasteiger partial charge in [-0.2, -0.15) is 0 Å². The fourth-order valence-electron chi connectivity index (χ4n) is 3.30. The van der Waals surface area contributed by atoms with Crippen molar-refractivity contribution in [2.45, 2.75) is 57.6 Å². The molecule has 17 heavy (non-hydrogen) atoms. The van der Waals surface area contributed by atoms with E-state index < -0.39 is 12.5 Å². The highest BCUT2D eigenvalue weighted by Crippen LogP contribution is 2.36. The largest absolute Gasteiger partial charge is 0.381 e. The number of methoxy groups -OCH3 is 1. The van der Waals surface area contributed by atoms with Crippen LogP contribution in [-0.4, -0.2) is 35.9 Å². The van der Waals surface area contributed by atoms with Crippen molar-refractivity contribution in [3.63, 3.8) is 0 Å². The molecule has 4 unspecified atom stereocenters. The number of aliphatic hydroxyl groups is 2. The number of nitrogens with one attached hydrogen (secondary N) is 1. The topological polar surface area (TPSA) is 61.7 Å². The minimum Gasteiger partial charge on any atom is -0.381 e. The summed E-state index contributed by atoms with van der Waals surface area (Å²) in [5, 5.41) is 22.3. The summed E-state index contributed by atoms with van der Waals surface area (Å²) in [6.45, 7) is 2.01. The number of rotatable bonds is 3. The molecule has 1 saturated heterocycles. The van der Waals surface area contributed by atoms with Gasteiger partial charge in [0, 0.05) is 18.9 Å². The maximum absolute atomic E-state index is 9.86. The molecule has 1 aliphatic heterocycles. The highest BCUT2D eigenvalue weighted by molar-refractivity contribution is 4.87. The van der Waals surface area contributed by atoms with Crippen molar-refractivity contribution in [1.82, 2.24) is 5.32 Å². The van der Waals surface area contributed by atoms with Crippen LogP contribution in [0.1, 0.15) is 39.0 Å². The van der Waals surface area contributed by atoms with Crippen molar-refractivity contribution in [2.75, 3.05) is 7.11 Å².